The zero-order valence-electron chi connectivity index (χ0n) is 6.75. The van der Waals surface area contributed by atoms with Crippen molar-refractivity contribution < 1.29 is 5.11 Å². The van der Waals surface area contributed by atoms with Gasteiger partial charge in [0.25, 0.3) is 0 Å². The van der Waals surface area contributed by atoms with Crippen LogP contribution in [0.1, 0.15) is 23.6 Å². The molecule has 0 fully saturated rings. The fourth-order valence-electron chi connectivity index (χ4n) is 1.78. The van der Waals surface area contributed by atoms with E-state index in [4.69, 9.17) is 11.5 Å². The van der Waals surface area contributed by atoms with Gasteiger partial charge in [-0.2, -0.15) is 0 Å². The minimum absolute atomic E-state index is 0.00657. The quantitative estimate of drug-likeness (QED) is 0.394. The number of aromatic hydroxyl groups is 1. The second kappa shape index (κ2) is 2.38. The van der Waals surface area contributed by atoms with E-state index < -0.39 is 0 Å². The van der Waals surface area contributed by atoms with E-state index in [0.29, 0.717) is 5.69 Å². The number of phenolic OH excluding ortho intramolecular Hbond substituents is 1. The number of rotatable bonds is 0. The van der Waals surface area contributed by atoms with Crippen molar-refractivity contribution in [1.29, 1.82) is 0 Å². The molecule has 1 atom stereocenters. The number of nitrogen functional groups attached to an aromatic ring is 1. The molecular weight excluding hydrogens is 152 g/mol. The Morgan fingerprint density at radius 1 is 1.42 bits per heavy atom. The number of nitrogens with two attached hydrogens (primary N) is 2. The Bertz CT molecular complexity index is 323. The van der Waals surface area contributed by atoms with E-state index in [1.807, 2.05) is 6.07 Å². The van der Waals surface area contributed by atoms with Gasteiger partial charge in [-0.3, -0.25) is 0 Å². The van der Waals surface area contributed by atoms with Gasteiger partial charge >= 0.3 is 0 Å². The van der Waals surface area contributed by atoms with Crippen LogP contribution in [0.5, 0.6) is 5.75 Å². The third-order valence-electron chi connectivity index (χ3n) is 2.45. The molecule has 1 aromatic carbocycles. The molecule has 12 heavy (non-hydrogen) atoms. The highest BCUT2D eigenvalue weighted by atomic mass is 16.3. The first-order chi connectivity index (χ1) is 5.70. The summed E-state index contributed by atoms with van der Waals surface area (Å²) >= 11 is 0. The monoisotopic (exact) mass is 164 g/mol. The maximum absolute atomic E-state index is 9.32. The molecule has 64 valence electrons. The lowest BCUT2D eigenvalue weighted by Crippen LogP contribution is -2.08. The number of anilines is 1. The normalized spacial score (nSPS) is 20.9. The Hall–Kier alpha value is -1.22. The van der Waals surface area contributed by atoms with Crippen LogP contribution in [0.3, 0.4) is 0 Å². The van der Waals surface area contributed by atoms with Crippen LogP contribution in [-0.4, -0.2) is 5.11 Å². The van der Waals surface area contributed by atoms with Crippen molar-refractivity contribution in [2.45, 2.75) is 18.9 Å². The molecule has 0 spiro atoms. The summed E-state index contributed by atoms with van der Waals surface area (Å²) in [4.78, 5) is 0. The molecule has 0 heterocycles. The number of benzene rings is 1. The van der Waals surface area contributed by atoms with E-state index >= 15 is 0 Å². The highest BCUT2D eigenvalue weighted by molar-refractivity contribution is 5.63. The molecule has 3 nitrogen and oxygen atoms in total. The Balaban J connectivity index is 2.63. The molecule has 1 aromatic rings. The largest absolute Gasteiger partial charge is 0.506 e. The number of phenols is 1. The summed E-state index contributed by atoms with van der Waals surface area (Å²) in [6.45, 7) is 0. The van der Waals surface area contributed by atoms with Gasteiger partial charge < -0.3 is 16.6 Å². The second-order valence-electron chi connectivity index (χ2n) is 3.22. The minimum atomic E-state index is 0.00657. The average molecular weight is 164 g/mol. The van der Waals surface area contributed by atoms with Crippen molar-refractivity contribution in [3.63, 3.8) is 0 Å². The van der Waals surface area contributed by atoms with Crippen LogP contribution < -0.4 is 11.5 Å². The summed E-state index contributed by atoms with van der Waals surface area (Å²) in [6, 6.07) is 3.53. The molecule has 0 saturated heterocycles. The van der Waals surface area contributed by atoms with E-state index in [9.17, 15) is 5.11 Å². The zero-order chi connectivity index (χ0) is 8.72. The first-order valence-electron chi connectivity index (χ1n) is 4.06. The first kappa shape index (κ1) is 7.43. The third kappa shape index (κ3) is 0.865. The molecule has 0 bridgehead atoms. The second-order valence-corrected chi connectivity index (χ2v) is 3.22. The van der Waals surface area contributed by atoms with E-state index in [2.05, 4.69) is 0 Å². The van der Waals surface area contributed by atoms with Gasteiger partial charge in [0.1, 0.15) is 5.75 Å². The number of hydrogen-bond donors (Lipinski definition) is 3. The predicted octanol–water partition coefficient (Wildman–Crippen LogP) is 0.920. The third-order valence-corrected chi connectivity index (χ3v) is 2.45. The Morgan fingerprint density at radius 3 is 2.92 bits per heavy atom. The summed E-state index contributed by atoms with van der Waals surface area (Å²) in [7, 11) is 0. The van der Waals surface area contributed by atoms with Crippen LogP contribution in [0.15, 0.2) is 12.1 Å². The molecule has 1 aliphatic carbocycles. The van der Waals surface area contributed by atoms with Crippen LogP contribution >= 0.6 is 0 Å². The number of aryl methyl sites for hydroxylation is 1. The topological polar surface area (TPSA) is 72.3 Å². The van der Waals surface area contributed by atoms with Crippen molar-refractivity contribution in [2.24, 2.45) is 5.73 Å². The average Bonchev–Trinajstić information content (AvgIpc) is 2.41. The van der Waals surface area contributed by atoms with E-state index in [0.717, 1.165) is 18.4 Å². The molecule has 0 aliphatic heterocycles. The standard InChI is InChI=1S/C9H12N2O/c10-6-3-1-5-2-4-7(12)9(11)8(5)6/h2,4,6,12H,1,3,10-11H2/t6-/m1/s1. The van der Waals surface area contributed by atoms with Crippen LogP contribution in [0.4, 0.5) is 5.69 Å². The summed E-state index contributed by atoms with van der Waals surface area (Å²) < 4.78 is 0. The fourth-order valence-corrected chi connectivity index (χ4v) is 1.78. The molecule has 0 unspecified atom stereocenters. The van der Waals surface area contributed by atoms with Gasteiger partial charge in [-0.05, 0) is 30.0 Å². The van der Waals surface area contributed by atoms with Crippen molar-refractivity contribution in [3.8, 4) is 5.75 Å². The molecule has 0 saturated carbocycles. The lowest BCUT2D eigenvalue weighted by atomic mass is 10.1. The van der Waals surface area contributed by atoms with Gasteiger partial charge in [0, 0.05) is 6.04 Å². The fraction of sp³-hybridized carbons (Fsp3) is 0.333. The Kier molecular flexibility index (Phi) is 1.48. The van der Waals surface area contributed by atoms with Crippen molar-refractivity contribution >= 4 is 5.69 Å². The molecule has 1 aliphatic rings. The zero-order valence-corrected chi connectivity index (χ0v) is 6.75. The summed E-state index contributed by atoms with van der Waals surface area (Å²) in [5, 5.41) is 9.32. The van der Waals surface area contributed by atoms with Crippen molar-refractivity contribution in [3.05, 3.63) is 23.3 Å². The van der Waals surface area contributed by atoms with E-state index in [1.54, 1.807) is 6.07 Å². The Labute approximate surface area is 71.0 Å². The smallest absolute Gasteiger partial charge is 0.138 e. The molecule has 0 radical (unpaired) electrons. The van der Waals surface area contributed by atoms with Gasteiger partial charge in [-0.15, -0.1) is 0 Å². The van der Waals surface area contributed by atoms with Gasteiger partial charge in [0.2, 0.25) is 0 Å². The van der Waals surface area contributed by atoms with Crippen LogP contribution in [0, 0.1) is 0 Å². The van der Waals surface area contributed by atoms with Gasteiger partial charge in [0.15, 0.2) is 0 Å². The van der Waals surface area contributed by atoms with Gasteiger partial charge in [-0.25, -0.2) is 0 Å². The summed E-state index contributed by atoms with van der Waals surface area (Å²) in [5.41, 5.74) is 14.1. The molecular formula is C9H12N2O. The highest BCUT2D eigenvalue weighted by Crippen LogP contribution is 2.37. The summed E-state index contributed by atoms with van der Waals surface area (Å²) in [6.07, 6.45) is 1.91. The molecule has 5 N–H and O–H groups in total. The number of fused-ring (bicyclic) bond motifs is 1. The lowest BCUT2D eigenvalue weighted by Gasteiger charge is -2.09. The molecule has 3 heteroatoms. The maximum atomic E-state index is 9.32. The summed E-state index contributed by atoms with van der Waals surface area (Å²) in [5.74, 6) is 0.145. The molecule has 0 aromatic heterocycles. The Morgan fingerprint density at radius 2 is 2.17 bits per heavy atom. The van der Waals surface area contributed by atoms with Crippen molar-refractivity contribution in [2.75, 3.05) is 5.73 Å². The van der Waals surface area contributed by atoms with Gasteiger partial charge in [0.05, 0.1) is 5.69 Å². The lowest BCUT2D eigenvalue weighted by molar-refractivity contribution is 0.477. The predicted molar refractivity (Wildman–Crippen MR) is 47.8 cm³/mol. The van der Waals surface area contributed by atoms with Crippen LogP contribution in [0.2, 0.25) is 0 Å². The van der Waals surface area contributed by atoms with E-state index in [-0.39, 0.29) is 11.8 Å². The highest BCUT2D eigenvalue weighted by Gasteiger charge is 2.22. The van der Waals surface area contributed by atoms with E-state index in [1.165, 1.54) is 5.56 Å². The molecule has 0 amide bonds. The maximum Gasteiger partial charge on any atom is 0.138 e. The number of hydrogen-bond acceptors (Lipinski definition) is 3. The van der Waals surface area contributed by atoms with Crippen LogP contribution in [-0.2, 0) is 6.42 Å². The van der Waals surface area contributed by atoms with Crippen LogP contribution in [0.25, 0.3) is 0 Å². The van der Waals surface area contributed by atoms with Gasteiger partial charge in [-0.1, -0.05) is 6.07 Å². The SMILES string of the molecule is Nc1c(O)ccc2c1[C@H](N)CC2. The first-order valence-corrected chi connectivity index (χ1v) is 4.06. The van der Waals surface area contributed by atoms with Crippen molar-refractivity contribution in [1.82, 2.24) is 0 Å². The minimum Gasteiger partial charge on any atom is -0.506 e. The molecule has 2 rings (SSSR count).